The highest BCUT2D eigenvalue weighted by atomic mass is 16.5. The van der Waals surface area contributed by atoms with Gasteiger partial charge in [0.15, 0.2) is 17.3 Å². The van der Waals surface area contributed by atoms with Crippen LogP contribution < -0.4 is 14.2 Å². The summed E-state index contributed by atoms with van der Waals surface area (Å²) >= 11 is 0. The Hall–Kier alpha value is -3.35. The maximum Gasteiger partial charge on any atom is 0.226 e. The summed E-state index contributed by atoms with van der Waals surface area (Å²) in [5.74, 6) is 2.20. The number of rotatable bonds is 11. The van der Waals surface area contributed by atoms with Crippen LogP contribution in [-0.4, -0.2) is 35.6 Å². The van der Waals surface area contributed by atoms with E-state index in [0.717, 1.165) is 5.56 Å². The molecule has 0 fully saturated rings. The number of pyridine rings is 1. The first kappa shape index (κ1) is 21.4. The molecule has 0 amide bonds. The Labute approximate surface area is 176 Å². The zero-order valence-corrected chi connectivity index (χ0v) is 17.5. The Bertz CT molecular complexity index is 983. The van der Waals surface area contributed by atoms with Gasteiger partial charge in [0, 0.05) is 24.6 Å². The predicted octanol–water partition coefficient (Wildman–Crippen LogP) is 4.75. The molecule has 3 aromatic rings. The minimum absolute atomic E-state index is 0.0942. The maximum absolute atomic E-state index is 12.6. The van der Waals surface area contributed by atoms with Gasteiger partial charge in [-0.2, -0.15) is 0 Å². The van der Waals surface area contributed by atoms with Crippen LogP contribution in [0.4, 0.5) is 0 Å². The third-order valence-electron chi connectivity index (χ3n) is 4.28. The van der Waals surface area contributed by atoms with Gasteiger partial charge in [0.1, 0.15) is 17.7 Å². The van der Waals surface area contributed by atoms with Gasteiger partial charge in [-0.3, -0.25) is 4.79 Å². The third kappa shape index (κ3) is 5.17. The van der Waals surface area contributed by atoms with E-state index in [1.54, 1.807) is 24.6 Å². The van der Waals surface area contributed by atoms with Crippen molar-refractivity contribution in [1.82, 2.24) is 9.97 Å². The lowest BCUT2D eigenvalue weighted by Gasteiger charge is -2.11. The van der Waals surface area contributed by atoms with Crippen LogP contribution in [0.5, 0.6) is 17.2 Å². The Morgan fingerprint density at radius 2 is 1.70 bits per heavy atom. The molecule has 3 rings (SSSR count). The number of carbonyl (C=O) groups is 1. The first-order chi connectivity index (χ1) is 14.7. The van der Waals surface area contributed by atoms with E-state index in [0.29, 0.717) is 60.8 Å². The van der Waals surface area contributed by atoms with Gasteiger partial charge in [-0.1, -0.05) is 0 Å². The number of carbonyl (C=O) groups excluding carboxylic acids is 1. The fraction of sp³-hybridized carbons (Fsp3) is 0.348. The molecule has 0 N–H and O–H groups in total. The van der Waals surface area contributed by atoms with Crippen LogP contribution >= 0.6 is 0 Å². The predicted molar refractivity (Wildman–Crippen MR) is 112 cm³/mol. The van der Waals surface area contributed by atoms with Crippen LogP contribution in [0.25, 0.3) is 11.5 Å². The molecule has 0 bridgehead atoms. The molecular formula is C23H26N2O5. The molecule has 0 aliphatic carbocycles. The molecule has 0 radical (unpaired) electrons. The van der Waals surface area contributed by atoms with Crippen LogP contribution in [0.3, 0.4) is 0 Å². The summed E-state index contributed by atoms with van der Waals surface area (Å²) in [5.41, 5.74) is 1.82. The highest BCUT2D eigenvalue weighted by molar-refractivity contribution is 5.96. The third-order valence-corrected chi connectivity index (χ3v) is 4.28. The van der Waals surface area contributed by atoms with Gasteiger partial charge in [0.25, 0.3) is 0 Å². The smallest absolute Gasteiger partial charge is 0.226 e. The van der Waals surface area contributed by atoms with Crippen molar-refractivity contribution in [1.29, 1.82) is 0 Å². The quantitative estimate of drug-likeness (QED) is 0.422. The van der Waals surface area contributed by atoms with Gasteiger partial charge in [0.05, 0.1) is 25.5 Å². The minimum atomic E-state index is -0.0942. The monoisotopic (exact) mass is 410 g/mol. The highest BCUT2D eigenvalue weighted by Crippen LogP contribution is 2.32. The normalized spacial score (nSPS) is 10.6. The van der Waals surface area contributed by atoms with Gasteiger partial charge in [-0.15, -0.1) is 0 Å². The Balaban J connectivity index is 1.70. The topological polar surface area (TPSA) is 83.7 Å². The molecule has 0 atom stereocenters. The van der Waals surface area contributed by atoms with Gasteiger partial charge in [-0.25, -0.2) is 9.97 Å². The number of benzene rings is 1. The number of ether oxygens (including phenoxy) is 3. The molecule has 0 aliphatic heterocycles. The van der Waals surface area contributed by atoms with E-state index in [1.165, 1.54) is 0 Å². The van der Waals surface area contributed by atoms with E-state index in [-0.39, 0.29) is 12.2 Å². The number of aromatic nitrogens is 2. The standard InChI is InChI=1S/C23H26N2O5/c1-4-27-19-12-9-16(14-21(19)29-6-3)23-25-17(15-30-23)10-11-18(26)22-20(28-5-2)8-7-13-24-22/h7-9,12-15H,4-6,10-11H2,1-3H3. The van der Waals surface area contributed by atoms with Gasteiger partial charge < -0.3 is 18.6 Å². The average Bonchev–Trinajstić information content (AvgIpc) is 3.23. The maximum atomic E-state index is 12.6. The molecule has 7 nitrogen and oxygen atoms in total. The summed E-state index contributed by atoms with van der Waals surface area (Å²) in [6.45, 7) is 7.27. The summed E-state index contributed by atoms with van der Waals surface area (Å²) < 4.78 is 22.4. The van der Waals surface area contributed by atoms with Crippen LogP contribution in [0.1, 0.15) is 43.4 Å². The largest absolute Gasteiger partial charge is 0.491 e. The summed E-state index contributed by atoms with van der Waals surface area (Å²) in [7, 11) is 0. The summed E-state index contributed by atoms with van der Waals surface area (Å²) in [5, 5.41) is 0. The minimum Gasteiger partial charge on any atom is -0.491 e. The number of hydrogen-bond donors (Lipinski definition) is 0. The van der Waals surface area contributed by atoms with E-state index in [1.807, 2.05) is 39.0 Å². The van der Waals surface area contributed by atoms with Crippen LogP contribution in [0.2, 0.25) is 0 Å². The lowest BCUT2D eigenvalue weighted by atomic mass is 10.1. The van der Waals surface area contributed by atoms with Crippen molar-refractivity contribution in [2.75, 3.05) is 19.8 Å². The fourth-order valence-electron chi connectivity index (χ4n) is 2.97. The number of hydrogen-bond acceptors (Lipinski definition) is 7. The summed E-state index contributed by atoms with van der Waals surface area (Å²) in [6, 6.07) is 9.06. The molecule has 7 heteroatoms. The van der Waals surface area contributed by atoms with Crippen LogP contribution in [-0.2, 0) is 6.42 Å². The molecule has 30 heavy (non-hydrogen) atoms. The number of oxazole rings is 1. The van der Waals surface area contributed by atoms with E-state index < -0.39 is 0 Å². The molecule has 1 aromatic carbocycles. The second kappa shape index (κ2) is 10.4. The van der Waals surface area contributed by atoms with Crippen molar-refractivity contribution >= 4 is 5.78 Å². The van der Waals surface area contributed by atoms with Crippen molar-refractivity contribution < 1.29 is 23.4 Å². The SMILES string of the molecule is CCOc1ccc(-c2nc(CCC(=O)c3ncccc3OCC)co2)cc1OCC. The highest BCUT2D eigenvalue weighted by Gasteiger charge is 2.16. The van der Waals surface area contributed by atoms with Crippen LogP contribution in [0.15, 0.2) is 47.2 Å². The number of ketones is 1. The van der Waals surface area contributed by atoms with Gasteiger partial charge in [-0.05, 0) is 51.1 Å². The molecule has 2 aromatic heterocycles. The Morgan fingerprint density at radius 1 is 0.967 bits per heavy atom. The van der Waals surface area contributed by atoms with Crippen molar-refractivity contribution in [3.8, 4) is 28.7 Å². The summed E-state index contributed by atoms with van der Waals surface area (Å²) in [6.07, 6.45) is 3.86. The fourth-order valence-corrected chi connectivity index (χ4v) is 2.97. The molecular weight excluding hydrogens is 384 g/mol. The van der Waals surface area contributed by atoms with Crippen molar-refractivity contribution in [3.63, 3.8) is 0 Å². The first-order valence-corrected chi connectivity index (χ1v) is 10.1. The van der Waals surface area contributed by atoms with E-state index in [2.05, 4.69) is 9.97 Å². The molecule has 0 spiro atoms. The molecule has 0 saturated heterocycles. The number of nitrogens with zero attached hydrogens (tertiary/aromatic N) is 2. The van der Waals surface area contributed by atoms with Gasteiger partial charge >= 0.3 is 0 Å². The molecule has 0 aliphatic rings. The second-order valence-corrected chi connectivity index (χ2v) is 6.38. The Morgan fingerprint density at radius 3 is 2.47 bits per heavy atom. The van der Waals surface area contributed by atoms with E-state index in [9.17, 15) is 4.79 Å². The average molecular weight is 410 g/mol. The lowest BCUT2D eigenvalue weighted by Crippen LogP contribution is -2.07. The summed E-state index contributed by atoms with van der Waals surface area (Å²) in [4.78, 5) is 21.3. The zero-order valence-electron chi connectivity index (χ0n) is 17.5. The molecule has 2 heterocycles. The zero-order chi connectivity index (χ0) is 21.3. The van der Waals surface area contributed by atoms with E-state index in [4.69, 9.17) is 18.6 Å². The Kier molecular flexibility index (Phi) is 7.43. The second-order valence-electron chi connectivity index (χ2n) is 6.38. The van der Waals surface area contributed by atoms with Crippen molar-refractivity contribution in [2.24, 2.45) is 0 Å². The van der Waals surface area contributed by atoms with Gasteiger partial charge in [0.2, 0.25) is 5.89 Å². The molecule has 0 unspecified atom stereocenters. The van der Waals surface area contributed by atoms with Crippen molar-refractivity contribution in [3.05, 3.63) is 54.2 Å². The molecule has 0 saturated carbocycles. The van der Waals surface area contributed by atoms with Crippen molar-refractivity contribution in [2.45, 2.75) is 33.6 Å². The molecule has 158 valence electrons. The lowest BCUT2D eigenvalue weighted by molar-refractivity contribution is 0.0973. The van der Waals surface area contributed by atoms with E-state index >= 15 is 0 Å². The number of Topliss-reactive ketones (excluding diaryl/α,β-unsaturated/α-hetero) is 1. The first-order valence-electron chi connectivity index (χ1n) is 10.1. The number of aryl methyl sites for hydroxylation is 1. The van der Waals surface area contributed by atoms with Crippen LogP contribution in [0, 0.1) is 0 Å².